The molecule has 0 bridgehead atoms. The van der Waals surface area contributed by atoms with Crippen LogP contribution in [0, 0.1) is 5.41 Å². The van der Waals surface area contributed by atoms with Crippen molar-refractivity contribution < 1.29 is 0 Å². The Labute approximate surface area is 115 Å². The molecule has 0 atom stereocenters. The molecule has 1 fully saturated rings. The van der Waals surface area contributed by atoms with Gasteiger partial charge in [-0.1, -0.05) is 13.8 Å². The fourth-order valence-corrected chi connectivity index (χ4v) is 3.29. The molecule has 0 saturated heterocycles. The molecular formula is C15H26N2S. The first kappa shape index (κ1) is 14.0. The molecule has 0 unspecified atom stereocenters. The van der Waals surface area contributed by atoms with Crippen LogP contribution in [0.25, 0.3) is 0 Å². The van der Waals surface area contributed by atoms with Gasteiger partial charge in [-0.05, 0) is 60.0 Å². The molecule has 0 aliphatic heterocycles. The molecule has 1 saturated carbocycles. The zero-order chi connectivity index (χ0) is 13.0. The van der Waals surface area contributed by atoms with E-state index in [2.05, 4.69) is 35.6 Å². The highest BCUT2D eigenvalue weighted by molar-refractivity contribution is 7.07. The first-order valence-corrected chi connectivity index (χ1v) is 8.12. The van der Waals surface area contributed by atoms with Gasteiger partial charge in [0.2, 0.25) is 0 Å². The van der Waals surface area contributed by atoms with E-state index < -0.39 is 0 Å². The molecule has 1 aliphatic carbocycles. The highest BCUT2D eigenvalue weighted by Crippen LogP contribution is 2.34. The van der Waals surface area contributed by atoms with Crippen LogP contribution in [0.2, 0.25) is 0 Å². The topological polar surface area (TPSA) is 29.3 Å². The summed E-state index contributed by atoms with van der Waals surface area (Å²) in [4.78, 5) is 2.67. The smallest absolute Gasteiger partial charge is 0.0245 e. The zero-order valence-corrected chi connectivity index (χ0v) is 12.5. The van der Waals surface area contributed by atoms with Gasteiger partial charge in [0.1, 0.15) is 0 Å². The van der Waals surface area contributed by atoms with Crippen LogP contribution in [0.5, 0.6) is 0 Å². The van der Waals surface area contributed by atoms with Gasteiger partial charge in [-0.3, -0.25) is 4.90 Å². The molecule has 0 aromatic carbocycles. The lowest BCUT2D eigenvalue weighted by Crippen LogP contribution is -2.42. The van der Waals surface area contributed by atoms with Crippen molar-refractivity contribution in [2.75, 3.05) is 13.1 Å². The van der Waals surface area contributed by atoms with Crippen molar-refractivity contribution in [1.82, 2.24) is 4.90 Å². The molecule has 1 aromatic heterocycles. The normalized spacial score (nSPS) is 16.4. The number of rotatable bonds is 8. The lowest BCUT2D eigenvalue weighted by Gasteiger charge is -2.36. The minimum absolute atomic E-state index is 0.318. The second kappa shape index (κ2) is 6.18. The van der Waals surface area contributed by atoms with Gasteiger partial charge in [-0.15, -0.1) is 0 Å². The quantitative estimate of drug-likeness (QED) is 0.780. The first-order chi connectivity index (χ1) is 8.73. The molecular weight excluding hydrogens is 240 g/mol. The molecule has 2 rings (SSSR count). The molecule has 0 spiro atoms. The summed E-state index contributed by atoms with van der Waals surface area (Å²) in [6.45, 7) is 7.65. The Morgan fingerprint density at radius 2 is 2.11 bits per heavy atom. The fraction of sp³-hybridized carbons (Fsp3) is 0.733. The number of nitrogens with two attached hydrogens (primary N) is 1. The Hall–Kier alpha value is -0.380. The van der Waals surface area contributed by atoms with E-state index in [1.807, 2.05) is 0 Å². The van der Waals surface area contributed by atoms with Crippen molar-refractivity contribution >= 4 is 11.3 Å². The molecule has 1 aliphatic rings. The summed E-state index contributed by atoms with van der Waals surface area (Å²) < 4.78 is 0. The van der Waals surface area contributed by atoms with E-state index >= 15 is 0 Å². The van der Waals surface area contributed by atoms with Gasteiger partial charge >= 0.3 is 0 Å². The van der Waals surface area contributed by atoms with Crippen molar-refractivity contribution in [2.45, 2.75) is 52.1 Å². The molecule has 0 amide bonds. The van der Waals surface area contributed by atoms with Gasteiger partial charge in [-0.25, -0.2) is 0 Å². The first-order valence-electron chi connectivity index (χ1n) is 7.18. The maximum atomic E-state index is 6.05. The van der Waals surface area contributed by atoms with Gasteiger partial charge in [-0.2, -0.15) is 11.3 Å². The number of thiophene rings is 1. The summed E-state index contributed by atoms with van der Waals surface area (Å²) in [6.07, 6.45) is 5.12. The van der Waals surface area contributed by atoms with Crippen LogP contribution in [0.3, 0.4) is 0 Å². The molecule has 1 heterocycles. The molecule has 2 N–H and O–H groups in total. The maximum Gasteiger partial charge on any atom is 0.0245 e. The van der Waals surface area contributed by atoms with E-state index in [1.54, 1.807) is 11.3 Å². The van der Waals surface area contributed by atoms with Crippen LogP contribution in [0.4, 0.5) is 0 Å². The van der Waals surface area contributed by atoms with Crippen molar-refractivity contribution in [3.8, 4) is 0 Å². The van der Waals surface area contributed by atoms with Gasteiger partial charge in [0.05, 0.1) is 0 Å². The van der Waals surface area contributed by atoms with E-state index in [0.717, 1.165) is 25.7 Å². The van der Waals surface area contributed by atoms with Crippen molar-refractivity contribution in [1.29, 1.82) is 0 Å². The number of hydrogen-bond acceptors (Lipinski definition) is 3. The minimum Gasteiger partial charge on any atom is -0.330 e. The van der Waals surface area contributed by atoms with Crippen LogP contribution in [0.15, 0.2) is 16.8 Å². The third kappa shape index (κ3) is 3.34. The van der Waals surface area contributed by atoms with Crippen LogP contribution in [-0.2, 0) is 6.54 Å². The summed E-state index contributed by atoms with van der Waals surface area (Å²) in [6, 6.07) is 3.07. The predicted molar refractivity (Wildman–Crippen MR) is 79.8 cm³/mol. The largest absolute Gasteiger partial charge is 0.330 e. The van der Waals surface area contributed by atoms with E-state index in [-0.39, 0.29) is 0 Å². The van der Waals surface area contributed by atoms with E-state index in [0.29, 0.717) is 5.41 Å². The maximum absolute atomic E-state index is 6.05. The monoisotopic (exact) mass is 266 g/mol. The van der Waals surface area contributed by atoms with Gasteiger partial charge < -0.3 is 5.73 Å². The molecule has 1 aromatic rings. The van der Waals surface area contributed by atoms with Crippen LogP contribution < -0.4 is 5.73 Å². The lowest BCUT2D eigenvalue weighted by molar-refractivity contribution is 0.131. The molecule has 2 nitrogen and oxygen atoms in total. The average Bonchev–Trinajstić information content (AvgIpc) is 3.13. The lowest BCUT2D eigenvalue weighted by atomic mass is 9.81. The molecule has 3 heteroatoms. The standard InChI is InChI=1S/C15H26N2S/c1-3-15(4-2,11-16)12-17(14-5-6-14)9-13-7-8-18-10-13/h7-8,10,14H,3-6,9,11-12,16H2,1-2H3. The molecule has 102 valence electrons. The Morgan fingerprint density at radius 3 is 2.56 bits per heavy atom. The Morgan fingerprint density at radius 1 is 1.39 bits per heavy atom. The number of nitrogens with zero attached hydrogens (tertiary/aromatic N) is 1. The average molecular weight is 266 g/mol. The van der Waals surface area contributed by atoms with E-state index in [9.17, 15) is 0 Å². The van der Waals surface area contributed by atoms with Crippen LogP contribution in [-0.4, -0.2) is 24.0 Å². The van der Waals surface area contributed by atoms with E-state index in [4.69, 9.17) is 5.73 Å². The summed E-state index contributed by atoms with van der Waals surface area (Å²) in [7, 11) is 0. The zero-order valence-electron chi connectivity index (χ0n) is 11.7. The second-order valence-electron chi connectivity index (χ2n) is 5.68. The van der Waals surface area contributed by atoms with Crippen LogP contribution >= 0.6 is 11.3 Å². The summed E-state index contributed by atoms with van der Waals surface area (Å²) in [5.41, 5.74) is 7.83. The highest BCUT2D eigenvalue weighted by Gasteiger charge is 2.35. The fourth-order valence-electron chi connectivity index (χ4n) is 2.63. The SMILES string of the molecule is CCC(CC)(CN)CN(Cc1ccsc1)C1CC1. The number of hydrogen-bond donors (Lipinski definition) is 1. The van der Waals surface area contributed by atoms with Gasteiger partial charge in [0.15, 0.2) is 0 Å². The van der Waals surface area contributed by atoms with Crippen molar-refractivity contribution in [2.24, 2.45) is 11.1 Å². The van der Waals surface area contributed by atoms with Gasteiger partial charge in [0.25, 0.3) is 0 Å². The summed E-state index contributed by atoms with van der Waals surface area (Å²) >= 11 is 1.80. The minimum atomic E-state index is 0.318. The third-order valence-electron chi connectivity index (χ3n) is 4.50. The third-order valence-corrected chi connectivity index (χ3v) is 5.23. The Bertz CT molecular complexity index is 331. The summed E-state index contributed by atoms with van der Waals surface area (Å²) in [5.74, 6) is 0. The van der Waals surface area contributed by atoms with Crippen molar-refractivity contribution in [3.63, 3.8) is 0 Å². The highest BCUT2D eigenvalue weighted by atomic mass is 32.1. The van der Waals surface area contributed by atoms with Crippen LogP contribution in [0.1, 0.15) is 45.1 Å². The van der Waals surface area contributed by atoms with E-state index in [1.165, 1.54) is 31.2 Å². The van der Waals surface area contributed by atoms with Crippen molar-refractivity contribution in [3.05, 3.63) is 22.4 Å². The predicted octanol–water partition coefficient (Wildman–Crippen LogP) is 3.48. The Kier molecular flexibility index (Phi) is 4.82. The summed E-state index contributed by atoms with van der Waals surface area (Å²) in [5, 5.41) is 4.45. The Balaban J connectivity index is 2.01. The second-order valence-corrected chi connectivity index (χ2v) is 6.46. The van der Waals surface area contributed by atoms with Gasteiger partial charge in [0, 0.05) is 19.1 Å². The molecule has 18 heavy (non-hydrogen) atoms. The molecule has 0 radical (unpaired) electrons.